The number of hydrogen-bond donors (Lipinski definition) is 2. The molecule has 1 aliphatic rings. The van der Waals surface area contributed by atoms with Crippen molar-refractivity contribution in [1.29, 1.82) is 0 Å². The molecule has 1 aliphatic heterocycles. The maximum atomic E-state index is 5.85. The standard InChI is InChI=1S/C18H19N3O2/c1-3-13-11-14(4-1)23-10-8-19-7-2-9-22-15-5-6-17-16(12-15)18(13)21-20-17/h1,3-6,11-12,19H,2,7-10H2,(H,20,21). The number of ether oxygens (including phenoxy) is 2. The smallest absolute Gasteiger partial charge is 0.120 e. The number of fused-ring (bicyclic) bond motifs is 4. The molecule has 0 amide bonds. The van der Waals surface area contributed by atoms with Crippen molar-refractivity contribution in [2.45, 2.75) is 6.42 Å². The molecule has 0 spiro atoms. The molecule has 0 radical (unpaired) electrons. The quantitative estimate of drug-likeness (QED) is 0.670. The van der Waals surface area contributed by atoms with Gasteiger partial charge >= 0.3 is 0 Å². The molecule has 4 bridgehead atoms. The van der Waals surface area contributed by atoms with Crippen molar-refractivity contribution in [3.63, 3.8) is 0 Å². The Labute approximate surface area is 134 Å². The van der Waals surface area contributed by atoms with Crippen LogP contribution in [0.4, 0.5) is 0 Å². The van der Waals surface area contributed by atoms with Gasteiger partial charge in [0, 0.05) is 17.5 Å². The molecule has 2 aromatic carbocycles. The van der Waals surface area contributed by atoms with Crippen LogP contribution in [0.1, 0.15) is 6.42 Å². The van der Waals surface area contributed by atoms with E-state index in [1.807, 2.05) is 36.4 Å². The number of nitrogens with zero attached hydrogens (tertiary/aromatic N) is 1. The van der Waals surface area contributed by atoms with Crippen LogP contribution in [0.3, 0.4) is 0 Å². The average Bonchev–Trinajstić information content (AvgIpc) is 3.00. The highest BCUT2D eigenvalue weighted by molar-refractivity contribution is 5.93. The zero-order valence-electron chi connectivity index (χ0n) is 12.8. The summed E-state index contributed by atoms with van der Waals surface area (Å²) in [6.07, 6.45) is 0.962. The minimum Gasteiger partial charge on any atom is -0.494 e. The summed E-state index contributed by atoms with van der Waals surface area (Å²) in [6, 6.07) is 14.1. The molecule has 5 nitrogen and oxygen atoms in total. The van der Waals surface area contributed by atoms with Gasteiger partial charge in [-0.3, -0.25) is 5.10 Å². The van der Waals surface area contributed by atoms with Crippen LogP contribution in [-0.4, -0.2) is 36.5 Å². The van der Waals surface area contributed by atoms with Crippen molar-refractivity contribution in [1.82, 2.24) is 15.5 Å². The predicted molar refractivity (Wildman–Crippen MR) is 90.0 cm³/mol. The van der Waals surface area contributed by atoms with Gasteiger partial charge < -0.3 is 14.8 Å². The summed E-state index contributed by atoms with van der Waals surface area (Å²) in [5.74, 6) is 1.74. The van der Waals surface area contributed by atoms with Gasteiger partial charge in [0.25, 0.3) is 0 Å². The monoisotopic (exact) mass is 309 g/mol. The Morgan fingerprint density at radius 2 is 1.83 bits per heavy atom. The van der Waals surface area contributed by atoms with Gasteiger partial charge in [0.15, 0.2) is 0 Å². The number of aromatic nitrogens is 2. The van der Waals surface area contributed by atoms with E-state index in [9.17, 15) is 0 Å². The van der Waals surface area contributed by atoms with Crippen molar-refractivity contribution in [3.8, 4) is 22.8 Å². The highest BCUT2D eigenvalue weighted by atomic mass is 16.5. The van der Waals surface area contributed by atoms with E-state index in [-0.39, 0.29) is 0 Å². The van der Waals surface area contributed by atoms with E-state index in [2.05, 4.69) is 21.6 Å². The fourth-order valence-electron chi connectivity index (χ4n) is 2.79. The summed E-state index contributed by atoms with van der Waals surface area (Å²) in [6.45, 7) is 3.08. The predicted octanol–water partition coefficient (Wildman–Crippen LogP) is 2.98. The molecular weight excluding hydrogens is 290 g/mol. The second-order valence-corrected chi connectivity index (χ2v) is 5.61. The van der Waals surface area contributed by atoms with Gasteiger partial charge in [-0.25, -0.2) is 0 Å². The third-order valence-electron chi connectivity index (χ3n) is 3.96. The van der Waals surface area contributed by atoms with Crippen molar-refractivity contribution < 1.29 is 9.47 Å². The van der Waals surface area contributed by atoms with Crippen LogP contribution in [0.2, 0.25) is 0 Å². The molecule has 118 valence electrons. The summed E-state index contributed by atoms with van der Waals surface area (Å²) >= 11 is 0. The molecule has 3 aromatic rings. The molecule has 23 heavy (non-hydrogen) atoms. The molecule has 0 fully saturated rings. The van der Waals surface area contributed by atoms with Crippen molar-refractivity contribution in [2.75, 3.05) is 26.3 Å². The van der Waals surface area contributed by atoms with Gasteiger partial charge in [-0.1, -0.05) is 12.1 Å². The molecule has 2 heterocycles. The van der Waals surface area contributed by atoms with Crippen LogP contribution < -0.4 is 14.8 Å². The van der Waals surface area contributed by atoms with Crippen LogP contribution in [0.25, 0.3) is 22.2 Å². The van der Waals surface area contributed by atoms with Gasteiger partial charge in [-0.15, -0.1) is 0 Å². The van der Waals surface area contributed by atoms with Gasteiger partial charge in [-0.05, 0) is 43.3 Å². The highest BCUT2D eigenvalue weighted by Gasteiger charge is 2.10. The number of benzene rings is 2. The van der Waals surface area contributed by atoms with Crippen LogP contribution in [0.5, 0.6) is 11.5 Å². The maximum Gasteiger partial charge on any atom is 0.120 e. The van der Waals surface area contributed by atoms with Gasteiger partial charge in [0.05, 0.1) is 12.1 Å². The van der Waals surface area contributed by atoms with E-state index >= 15 is 0 Å². The zero-order chi connectivity index (χ0) is 15.5. The van der Waals surface area contributed by atoms with Crippen molar-refractivity contribution in [3.05, 3.63) is 42.5 Å². The van der Waals surface area contributed by atoms with Crippen LogP contribution in [0.15, 0.2) is 42.5 Å². The minimum absolute atomic E-state index is 0.647. The summed E-state index contributed by atoms with van der Waals surface area (Å²) in [7, 11) is 0. The number of aromatic amines is 1. The lowest BCUT2D eigenvalue weighted by molar-refractivity contribution is 0.294. The van der Waals surface area contributed by atoms with Crippen molar-refractivity contribution >= 4 is 10.9 Å². The Morgan fingerprint density at radius 1 is 0.913 bits per heavy atom. The number of H-pyrrole nitrogens is 1. The Kier molecular flexibility index (Phi) is 3.86. The highest BCUT2D eigenvalue weighted by Crippen LogP contribution is 2.31. The largest absolute Gasteiger partial charge is 0.494 e. The van der Waals surface area contributed by atoms with Gasteiger partial charge in [0.1, 0.15) is 23.8 Å². The molecule has 4 rings (SSSR count). The molecule has 5 heteroatoms. The lowest BCUT2D eigenvalue weighted by Crippen LogP contribution is -2.23. The van der Waals surface area contributed by atoms with E-state index in [1.54, 1.807) is 0 Å². The van der Waals surface area contributed by atoms with E-state index in [1.165, 1.54) is 0 Å². The second kappa shape index (κ2) is 6.30. The first-order valence-corrected chi connectivity index (χ1v) is 7.95. The zero-order valence-corrected chi connectivity index (χ0v) is 12.8. The SMILES string of the molecule is c1cc2cc(c1)-c1n[nH]c3ccc(cc13)OCCCNCCO2. The van der Waals surface area contributed by atoms with E-state index in [0.29, 0.717) is 13.2 Å². The fourth-order valence-corrected chi connectivity index (χ4v) is 2.79. The minimum atomic E-state index is 0.647. The first-order valence-electron chi connectivity index (χ1n) is 7.95. The lowest BCUT2D eigenvalue weighted by Gasteiger charge is -2.08. The molecule has 0 aliphatic carbocycles. The third kappa shape index (κ3) is 3.00. The number of nitrogens with one attached hydrogen (secondary N) is 2. The number of hydrogen-bond acceptors (Lipinski definition) is 4. The molecular formula is C18H19N3O2. The number of rotatable bonds is 0. The topological polar surface area (TPSA) is 59.2 Å². The van der Waals surface area contributed by atoms with E-state index in [4.69, 9.17) is 9.47 Å². The second-order valence-electron chi connectivity index (χ2n) is 5.61. The Balaban J connectivity index is 1.78. The first kappa shape index (κ1) is 14.1. The fraction of sp³-hybridized carbons (Fsp3) is 0.278. The van der Waals surface area contributed by atoms with E-state index in [0.717, 1.165) is 53.2 Å². The Hall–Kier alpha value is -2.53. The van der Waals surface area contributed by atoms with Gasteiger partial charge in [-0.2, -0.15) is 5.10 Å². The molecule has 0 saturated heterocycles. The molecule has 0 unspecified atom stereocenters. The normalized spacial score (nSPS) is 15.5. The lowest BCUT2D eigenvalue weighted by atomic mass is 10.1. The van der Waals surface area contributed by atoms with Crippen molar-refractivity contribution in [2.24, 2.45) is 0 Å². The summed E-state index contributed by atoms with van der Waals surface area (Å²) < 4.78 is 11.7. The summed E-state index contributed by atoms with van der Waals surface area (Å²) in [4.78, 5) is 0. The van der Waals surface area contributed by atoms with Crippen LogP contribution >= 0.6 is 0 Å². The first-order chi connectivity index (χ1) is 11.4. The van der Waals surface area contributed by atoms with E-state index < -0.39 is 0 Å². The molecule has 0 saturated carbocycles. The molecule has 0 atom stereocenters. The summed E-state index contributed by atoms with van der Waals surface area (Å²) in [5.41, 5.74) is 2.96. The Bertz CT molecular complexity index is 813. The van der Waals surface area contributed by atoms with Gasteiger partial charge in [0.2, 0.25) is 0 Å². The average molecular weight is 309 g/mol. The maximum absolute atomic E-state index is 5.85. The Morgan fingerprint density at radius 3 is 2.83 bits per heavy atom. The molecule has 2 N–H and O–H groups in total. The third-order valence-corrected chi connectivity index (χ3v) is 3.96. The molecule has 1 aromatic heterocycles. The van der Waals surface area contributed by atoms with Crippen LogP contribution in [0, 0.1) is 0 Å². The van der Waals surface area contributed by atoms with Crippen LogP contribution in [-0.2, 0) is 0 Å². The summed E-state index contributed by atoms with van der Waals surface area (Å²) in [5, 5.41) is 12.0.